The first-order chi connectivity index (χ1) is 10.8. The number of para-hydroxylation sites is 1. The number of nitrogens with zero attached hydrogens (tertiary/aromatic N) is 1. The second-order valence-corrected chi connectivity index (χ2v) is 7.68. The van der Waals surface area contributed by atoms with Crippen LogP contribution in [0.4, 0.5) is 5.69 Å². The second kappa shape index (κ2) is 5.36. The molecule has 1 fully saturated rings. The number of hydrogen-bond acceptors (Lipinski definition) is 3. The van der Waals surface area contributed by atoms with Crippen molar-refractivity contribution < 1.29 is 14.3 Å². The Morgan fingerprint density at radius 2 is 1.96 bits per heavy atom. The average molecular weight is 315 g/mol. The van der Waals surface area contributed by atoms with Crippen molar-refractivity contribution >= 4 is 17.6 Å². The highest BCUT2D eigenvalue weighted by molar-refractivity contribution is 6.10. The molecule has 23 heavy (non-hydrogen) atoms. The second-order valence-electron chi connectivity index (χ2n) is 7.68. The molecule has 4 nitrogen and oxygen atoms in total. The number of rotatable bonds is 1. The van der Waals surface area contributed by atoms with Crippen molar-refractivity contribution in [1.29, 1.82) is 0 Å². The normalized spacial score (nSPS) is 27.2. The van der Waals surface area contributed by atoms with E-state index < -0.39 is 16.9 Å². The van der Waals surface area contributed by atoms with Crippen LogP contribution in [-0.2, 0) is 19.7 Å². The van der Waals surface area contributed by atoms with E-state index in [0.29, 0.717) is 6.42 Å². The van der Waals surface area contributed by atoms with Gasteiger partial charge in [0.25, 0.3) is 0 Å². The van der Waals surface area contributed by atoms with Crippen LogP contribution in [0.15, 0.2) is 24.3 Å². The molecule has 0 aromatic heterocycles. The van der Waals surface area contributed by atoms with Gasteiger partial charge in [0.05, 0.1) is 11.3 Å². The quantitative estimate of drug-likeness (QED) is 0.746. The maximum atomic E-state index is 13.1. The van der Waals surface area contributed by atoms with Crippen LogP contribution in [0.5, 0.6) is 0 Å². The Bertz CT molecular complexity index is 646. The van der Waals surface area contributed by atoms with Gasteiger partial charge >= 0.3 is 5.97 Å². The number of ether oxygens (including phenoxy) is 1. The van der Waals surface area contributed by atoms with E-state index in [9.17, 15) is 9.59 Å². The van der Waals surface area contributed by atoms with Crippen molar-refractivity contribution in [2.45, 2.75) is 57.5 Å². The number of hydrogen-bond donors (Lipinski definition) is 0. The molecule has 2 aliphatic rings. The van der Waals surface area contributed by atoms with Gasteiger partial charge in [0.2, 0.25) is 5.91 Å². The van der Waals surface area contributed by atoms with Crippen molar-refractivity contribution in [2.24, 2.45) is 5.92 Å². The number of likely N-dealkylation sites (N-methyl/N-ethyl adjacent to an activating group) is 1. The molecule has 4 heteroatoms. The molecule has 0 unspecified atom stereocenters. The van der Waals surface area contributed by atoms with Gasteiger partial charge in [-0.25, -0.2) is 0 Å². The van der Waals surface area contributed by atoms with Gasteiger partial charge in [-0.05, 0) is 45.2 Å². The van der Waals surface area contributed by atoms with Crippen LogP contribution in [-0.4, -0.2) is 24.5 Å². The number of anilines is 1. The van der Waals surface area contributed by atoms with Gasteiger partial charge in [0, 0.05) is 12.7 Å². The van der Waals surface area contributed by atoms with Crippen molar-refractivity contribution in [1.82, 2.24) is 0 Å². The number of esters is 1. The molecule has 1 aliphatic carbocycles. The summed E-state index contributed by atoms with van der Waals surface area (Å²) in [6.07, 6.45) is 3.36. The predicted octanol–water partition coefficient (Wildman–Crippen LogP) is 3.43. The Morgan fingerprint density at radius 1 is 1.26 bits per heavy atom. The molecule has 1 aliphatic heterocycles. The molecule has 1 amide bonds. The minimum absolute atomic E-state index is 0.0364. The fourth-order valence-electron chi connectivity index (χ4n) is 4.11. The summed E-state index contributed by atoms with van der Waals surface area (Å²) in [5.41, 5.74) is 0.630. The molecule has 0 saturated heterocycles. The van der Waals surface area contributed by atoms with E-state index in [-0.39, 0.29) is 11.9 Å². The van der Waals surface area contributed by atoms with E-state index in [2.05, 4.69) is 0 Å². The molecule has 1 aromatic carbocycles. The summed E-state index contributed by atoms with van der Waals surface area (Å²) in [7, 11) is 1.80. The maximum Gasteiger partial charge on any atom is 0.310 e. The van der Waals surface area contributed by atoms with Gasteiger partial charge in [-0.15, -0.1) is 0 Å². The van der Waals surface area contributed by atoms with E-state index in [1.165, 1.54) is 0 Å². The third kappa shape index (κ3) is 2.44. The fourth-order valence-corrected chi connectivity index (χ4v) is 4.11. The number of fused-ring (bicyclic) bond motifs is 2. The Labute approximate surface area is 137 Å². The van der Waals surface area contributed by atoms with Gasteiger partial charge in [-0.2, -0.15) is 0 Å². The molecular weight excluding hydrogens is 290 g/mol. The van der Waals surface area contributed by atoms with Crippen LogP contribution in [0, 0.1) is 5.92 Å². The standard InChI is InChI=1S/C19H25NO3/c1-18(2,3)23-16(21)14-10-7-8-12-19(14)13-9-5-6-11-15(13)20(4)17(19)22/h5-6,9,11,14H,7-8,10,12H2,1-4H3/t14-,19-/m1/s1. The van der Waals surface area contributed by atoms with Gasteiger partial charge in [-0.1, -0.05) is 31.0 Å². The van der Waals surface area contributed by atoms with Crippen LogP contribution < -0.4 is 4.90 Å². The summed E-state index contributed by atoms with van der Waals surface area (Å²) in [6, 6.07) is 7.85. The van der Waals surface area contributed by atoms with Crippen LogP contribution >= 0.6 is 0 Å². The van der Waals surface area contributed by atoms with E-state index in [1.807, 2.05) is 45.0 Å². The van der Waals surface area contributed by atoms with Crippen LogP contribution in [0.25, 0.3) is 0 Å². The SMILES string of the molecule is CN1C(=O)[C@]2(CCCC[C@@H]2C(=O)OC(C)(C)C)c2ccccc21. The maximum absolute atomic E-state index is 13.1. The van der Waals surface area contributed by atoms with E-state index >= 15 is 0 Å². The van der Waals surface area contributed by atoms with E-state index in [0.717, 1.165) is 30.5 Å². The van der Waals surface area contributed by atoms with Gasteiger partial charge in [0.1, 0.15) is 5.60 Å². The first kappa shape index (κ1) is 16.0. The van der Waals surface area contributed by atoms with Gasteiger partial charge in [-0.3, -0.25) is 9.59 Å². The minimum Gasteiger partial charge on any atom is -0.460 e. The minimum atomic E-state index is -0.744. The van der Waals surface area contributed by atoms with Crippen molar-refractivity contribution in [3.05, 3.63) is 29.8 Å². The van der Waals surface area contributed by atoms with E-state index in [4.69, 9.17) is 4.74 Å². The highest BCUT2D eigenvalue weighted by atomic mass is 16.6. The zero-order valence-electron chi connectivity index (χ0n) is 14.4. The first-order valence-electron chi connectivity index (χ1n) is 8.38. The average Bonchev–Trinajstić information content (AvgIpc) is 2.70. The molecule has 0 radical (unpaired) electrons. The van der Waals surface area contributed by atoms with Gasteiger partial charge < -0.3 is 9.64 Å². The Balaban J connectivity index is 2.07. The van der Waals surface area contributed by atoms with Crippen molar-refractivity contribution in [2.75, 3.05) is 11.9 Å². The smallest absolute Gasteiger partial charge is 0.310 e. The molecular formula is C19H25NO3. The Kier molecular flexibility index (Phi) is 3.74. The van der Waals surface area contributed by atoms with E-state index in [1.54, 1.807) is 11.9 Å². The van der Waals surface area contributed by atoms with Gasteiger partial charge in [0.15, 0.2) is 0 Å². The summed E-state index contributed by atoms with van der Waals surface area (Å²) in [6.45, 7) is 5.62. The van der Waals surface area contributed by atoms with Crippen LogP contribution in [0.2, 0.25) is 0 Å². The van der Waals surface area contributed by atoms with Crippen LogP contribution in [0.1, 0.15) is 52.0 Å². The lowest BCUT2D eigenvalue weighted by molar-refractivity contribution is -0.166. The molecule has 0 bridgehead atoms. The lowest BCUT2D eigenvalue weighted by Gasteiger charge is -2.39. The lowest BCUT2D eigenvalue weighted by atomic mass is 9.63. The molecule has 0 N–H and O–H groups in total. The lowest BCUT2D eigenvalue weighted by Crippen LogP contribution is -2.50. The molecule has 3 rings (SSSR count). The molecule has 1 saturated carbocycles. The topological polar surface area (TPSA) is 46.6 Å². The summed E-state index contributed by atoms with van der Waals surface area (Å²) in [5.74, 6) is -0.598. The predicted molar refractivity (Wildman–Crippen MR) is 89.3 cm³/mol. The third-order valence-electron chi connectivity index (χ3n) is 5.03. The zero-order chi connectivity index (χ0) is 16.8. The number of carbonyl (C=O) groups excluding carboxylic acids is 2. The molecule has 1 aromatic rings. The monoisotopic (exact) mass is 315 g/mol. The van der Waals surface area contributed by atoms with Crippen molar-refractivity contribution in [3.8, 4) is 0 Å². The summed E-state index contributed by atoms with van der Waals surface area (Å²) >= 11 is 0. The molecule has 2 atom stereocenters. The molecule has 1 spiro atoms. The fraction of sp³-hybridized carbons (Fsp3) is 0.579. The number of benzene rings is 1. The first-order valence-corrected chi connectivity index (χ1v) is 8.38. The highest BCUT2D eigenvalue weighted by Gasteiger charge is 2.58. The third-order valence-corrected chi connectivity index (χ3v) is 5.03. The summed E-state index contributed by atoms with van der Waals surface area (Å²) in [4.78, 5) is 27.7. The molecule has 124 valence electrons. The summed E-state index contributed by atoms with van der Waals surface area (Å²) < 4.78 is 5.65. The van der Waals surface area contributed by atoms with Crippen LogP contribution in [0.3, 0.4) is 0 Å². The Hall–Kier alpha value is -1.84. The highest BCUT2D eigenvalue weighted by Crippen LogP contribution is 2.53. The molecule has 1 heterocycles. The zero-order valence-corrected chi connectivity index (χ0v) is 14.4. The summed E-state index contributed by atoms with van der Waals surface area (Å²) in [5, 5.41) is 0. The Morgan fingerprint density at radius 3 is 2.65 bits per heavy atom. The largest absolute Gasteiger partial charge is 0.460 e. The number of carbonyl (C=O) groups is 2. The number of amides is 1. The van der Waals surface area contributed by atoms with Crippen molar-refractivity contribution in [3.63, 3.8) is 0 Å².